The molecule has 0 radical (unpaired) electrons. The Kier molecular flexibility index (Phi) is 8.35. The second kappa shape index (κ2) is 10.8. The van der Waals surface area contributed by atoms with E-state index in [4.69, 9.17) is 23.7 Å². The van der Waals surface area contributed by atoms with Gasteiger partial charge in [-0.2, -0.15) is 0 Å². The summed E-state index contributed by atoms with van der Waals surface area (Å²) in [5.41, 5.74) is 0.152. The molecule has 0 heterocycles. The Balaban J connectivity index is 2.47. The molecule has 33 heavy (non-hydrogen) atoms. The first-order chi connectivity index (χ1) is 15.6. The summed E-state index contributed by atoms with van der Waals surface area (Å²) < 4.78 is 51.5. The summed E-state index contributed by atoms with van der Waals surface area (Å²) in [6, 6.07) is 7.27. The average Bonchev–Trinajstić information content (AvgIpc) is 2.80. The second-order valence-corrected chi connectivity index (χ2v) is 8.51. The number of hydrogen-bond acceptors (Lipinski definition) is 9. The first-order valence-electron chi connectivity index (χ1n) is 9.43. The standard InChI is InChI=1S/C21H26N2O9S/c1-28-13-7-8-17(29-2)16(9-13)23(33(6,26)27)12-20(24)22-15-11-19(31-4)18(30-3)10-14(15)21(25)32-5/h7-11H,12H2,1-6H3,(H,22,24). The van der Waals surface area contributed by atoms with E-state index in [1.54, 1.807) is 6.07 Å². The molecule has 0 fully saturated rings. The van der Waals surface area contributed by atoms with Crippen molar-refractivity contribution in [3.8, 4) is 23.0 Å². The second-order valence-electron chi connectivity index (χ2n) is 6.60. The average molecular weight is 483 g/mol. The molecule has 0 aromatic heterocycles. The van der Waals surface area contributed by atoms with Crippen molar-refractivity contribution >= 4 is 33.3 Å². The molecule has 2 rings (SSSR count). The molecular formula is C21H26N2O9S. The van der Waals surface area contributed by atoms with Crippen molar-refractivity contribution in [1.29, 1.82) is 0 Å². The number of rotatable bonds is 10. The number of nitrogens with one attached hydrogen (secondary N) is 1. The van der Waals surface area contributed by atoms with Gasteiger partial charge in [-0.15, -0.1) is 0 Å². The Morgan fingerprint density at radius 1 is 0.879 bits per heavy atom. The maximum absolute atomic E-state index is 12.9. The van der Waals surface area contributed by atoms with Gasteiger partial charge in [-0.05, 0) is 12.1 Å². The van der Waals surface area contributed by atoms with E-state index in [0.29, 0.717) is 5.75 Å². The number of methoxy groups -OCH3 is 5. The van der Waals surface area contributed by atoms with Crippen LogP contribution >= 0.6 is 0 Å². The van der Waals surface area contributed by atoms with Crippen LogP contribution in [0.25, 0.3) is 0 Å². The number of carbonyl (C=O) groups excluding carboxylic acids is 2. The molecule has 0 aliphatic rings. The lowest BCUT2D eigenvalue weighted by atomic mass is 10.1. The van der Waals surface area contributed by atoms with E-state index in [9.17, 15) is 18.0 Å². The third kappa shape index (κ3) is 5.98. The predicted molar refractivity (Wildman–Crippen MR) is 121 cm³/mol. The summed E-state index contributed by atoms with van der Waals surface area (Å²) in [6.45, 7) is -0.614. The van der Waals surface area contributed by atoms with Crippen LogP contribution in [0.1, 0.15) is 10.4 Å². The predicted octanol–water partition coefficient (Wildman–Crippen LogP) is 1.91. The first kappa shape index (κ1) is 25.6. The molecule has 0 saturated carbocycles. The van der Waals surface area contributed by atoms with Gasteiger partial charge in [-0.1, -0.05) is 0 Å². The number of carbonyl (C=O) groups is 2. The highest BCUT2D eigenvalue weighted by atomic mass is 32.2. The highest BCUT2D eigenvalue weighted by Crippen LogP contribution is 2.35. The van der Waals surface area contributed by atoms with Gasteiger partial charge in [0.2, 0.25) is 15.9 Å². The zero-order chi connectivity index (χ0) is 24.8. The molecule has 0 unspecified atom stereocenters. The zero-order valence-electron chi connectivity index (χ0n) is 19.1. The number of nitrogens with zero attached hydrogens (tertiary/aromatic N) is 1. The topological polar surface area (TPSA) is 130 Å². The van der Waals surface area contributed by atoms with E-state index in [1.165, 1.54) is 59.8 Å². The monoisotopic (exact) mass is 482 g/mol. The molecule has 2 aromatic carbocycles. The lowest BCUT2D eigenvalue weighted by Gasteiger charge is -2.24. The van der Waals surface area contributed by atoms with E-state index in [1.807, 2.05) is 0 Å². The SMILES string of the molecule is COC(=O)c1cc(OC)c(OC)cc1NC(=O)CN(c1cc(OC)ccc1OC)S(C)(=O)=O. The van der Waals surface area contributed by atoms with E-state index in [0.717, 1.165) is 10.6 Å². The van der Waals surface area contributed by atoms with Crippen molar-refractivity contribution in [3.05, 3.63) is 35.9 Å². The number of ether oxygens (including phenoxy) is 5. The van der Waals surface area contributed by atoms with Gasteiger partial charge in [-0.25, -0.2) is 13.2 Å². The van der Waals surface area contributed by atoms with Crippen molar-refractivity contribution in [3.63, 3.8) is 0 Å². The summed E-state index contributed by atoms with van der Waals surface area (Å²) in [7, 11) is 2.85. The summed E-state index contributed by atoms with van der Waals surface area (Å²) in [5.74, 6) is -0.392. The Hall–Kier alpha value is -3.67. The molecule has 1 N–H and O–H groups in total. The minimum absolute atomic E-state index is 0.00614. The van der Waals surface area contributed by atoms with E-state index < -0.39 is 28.4 Å². The van der Waals surface area contributed by atoms with E-state index in [2.05, 4.69) is 5.32 Å². The molecule has 0 spiro atoms. The van der Waals surface area contributed by atoms with Gasteiger partial charge in [0.1, 0.15) is 18.0 Å². The molecule has 11 nitrogen and oxygen atoms in total. The van der Waals surface area contributed by atoms with Crippen LogP contribution in [0.4, 0.5) is 11.4 Å². The molecule has 0 saturated heterocycles. The molecule has 0 atom stereocenters. The summed E-state index contributed by atoms with van der Waals surface area (Å²) >= 11 is 0. The van der Waals surface area contributed by atoms with Gasteiger partial charge in [0, 0.05) is 18.2 Å². The maximum atomic E-state index is 12.9. The van der Waals surface area contributed by atoms with Crippen LogP contribution in [0.2, 0.25) is 0 Å². The minimum atomic E-state index is -3.92. The molecule has 0 bridgehead atoms. The zero-order valence-corrected chi connectivity index (χ0v) is 19.9. The number of esters is 1. The molecule has 0 aliphatic heterocycles. The highest BCUT2D eigenvalue weighted by molar-refractivity contribution is 7.92. The van der Waals surface area contributed by atoms with Crippen LogP contribution in [0.3, 0.4) is 0 Å². The van der Waals surface area contributed by atoms with Crippen molar-refractivity contribution in [2.24, 2.45) is 0 Å². The third-order valence-corrected chi connectivity index (χ3v) is 5.67. The fraction of sp³-hybridized carbons (Fsp3) is 0.333. The normalized spacial score (nSPS) is 10.7. The molecule has 0 aliphatic carbocycles. The van der Waals surface area contributed by atoms with Gasteiger partial charge in [-0.3, -0.25) is 9.10 Å². The molecule has 12 heteroatoms. The Bertz CT molecular complexity index is 1130. The molecule has 1 amide bonds. The summed E-state index contributed by atoms with van der Waals surface area (Å²) in [5, 5.41) is 2.54. The van der Waals surface area contributed by atoms with Crippen molar-refractivity contribution in [2.75, 3.05) is 58.0 Å². The quantitative estimate of drug-likeness (QED) is 0.505. The van der Waals surface area contributed by atoms with Crippen LogP contribution in [0, 0.1) is 0 Å². The minimum Gasteiger partial charge on any atom is -0.497 e. The van der Waals surface area contributed by atoms with E-state index in [-0.39, 0.29) is 34.2 Å². The number of amides is 1. The summed E-state index contributed by atoms with van der Waals surface area (Å²) in [6.07, 6.45) is 0.954. The van der Waals surface area contributed by atoms with Gasteiger partial charge in [0.05, 0.1) is 58.7 Å². The fourth-order valence-electron chi connectivity index (χ4n) is 2.95. The van der Waals surface area contributed by atoms with Crippen LogP contribution in [0.15, 0.2) is 30.3 Å². The lowest BCUT2D eigenvalue weighted by Crippen LogP contribution is -2.38. The van der Waals surface area contributed by atoms with Gasteiger partial charge in [0.15, 0.2) is 11.5 Å². The van der Waals surface area contributed by atoms with Crippen molar-refractivity contribution in [2.45, 2.75) is 0 Å². The first-order valence-corrected chi connectivity index (χ1v) is 11.3. The number of hydrogen-bond donors (Lipinski definition) is 1. The molecule has 180 valence electrons. The Morgan fingerprint density at radius 3 is 2.00 bits per heavy atom. The van der Waals surface area contributed by atoms with Crippen LogP contribution in [0.5, 0.6) is 23.0 Å². The highest BCUT2D eigenvalue weighted by Gasteiger charge is 2.26. The maximum Gasteiger partial charge on any atom is 0.340 e. The number of sulfonamides is 1. The fourth-order valence-corrected chi connectivity index (χ4v) is 3.81. The largest absolute Gasteiger partial charge is 0.497 e. The molecule has 2 aromatic rings. The van der Waals surface area contributed by atoms with Gasteiger partial charge in [0.25, 0.3) is 0 Å². The lowest BCUT2D eigenvalue weighted by molar-refractivity contribution is -0.114. The van der Waals surface area contributed by atoms with Crippen LogP contribution in [-0.2, 0) is 19.6 Å². The summed E-state index contributed by atoms with van der Waals surface area (Å²) in [4.78, 5) is 25.1. The number of anilines is 2. The smallest absolute Gasteiger partial charge is 0.340 e. The van der Waals surface area contributed by atoms with Crippen molar-refractivity contribution < 1.29 is 41.7 Å². The number of benzene rings is 2. The van der Waals surface area contributed by atoms with Crippen molar-refractivity contribution in [1.82, 2.24) is 0 Å². The third-order valence-electron chi connectivity index (χ3n) is 4.55. The molecular weight excluding hydrogens is 456 g/mol. The van der Waals surface area contributed by atoms with Gasteiger partial charge >= 0.3 is 5.97 Å². The Morgan fingerprint density at radius 2 is 1.48 bits per heavy atom. The van der Waals surface area contributed by atoms with E-state index >= 15 is 0 Å². The Labute approximate surface area is 192 Å². The van der Waals surface area contributed by atoms with Crippen LogP contribution < -0.4 is 28.6 Å². The van der Waals surface area contributed by atoms with Crippen LogP contribution in [-0.4, -0.2) is 68.6 Å². The van der Waals surface area contributed by atoms with Gasteiger partial charge < -0.3 is 29.0 Å².